The average molecular weight is 361 g/mol. The van der Waals surface area contributed by atoms with Gasteiger partial charge in [-0.2, -0.15) is 0 Å². The van der Waals surface area contributed by atoms with Crippen molar-refractivity contribution < 1.29 is 19.1 Å². The Kier molecular flexibility index (Phi) is 7.02. The minimum absolute atomic E-state index is 0.0191. The molecule has 0 amide bonds. The van der Waals surface area contributed by atoms with Crippen molar-refractivity contribution in [2.24, 2.45) is 0 Å². The number of ether oxygens (including phenoxy) is 2. The van der Waals surface area contributed by atoms with Gasteiger partial charge in [0.1, 0.15) is 11.9 Å². The molecule has 0 spiro atoms. The molecule has 5 heteroatoms. The van der Waals surface area contributed by atoms with Crippen LogP contribution in [0.1, 0.15) is 43.4 Å². The average Bonchev–Trinajstić information content (AvgIpc) is 2.62. The largest absolute Gasteiger partial charge is 0.457 e. The van der Waals surface area contributed by atoms with Gasteiger partial charge in [0.2, 0.25) is 0 Å². The van der Waals surface area contributed by atoms with Gasteiger partial charge >= 0.3 is 11.9 Å². The van der Waals surface area contributed by atoms with Gasteiger partial charge in [0.15, 0.2) is 0 Å². The summed E-state index contributed by atoms with van der Waals surface area (Å²) in [6, 6.07) is 14.5. The third-order valence-corrected chi connectivity index (χ3v) is 4.13. The fourth-order valence-corrected chi connectivity index (χ4v) is 2.46. The topological polar surface area (TPSA) is 52.6 Å². The van der Waals surface area contributed by atoms with Crippen molar-refractivity contribution in [3.63, 3.8) is 0 Å². The van der Waals surface area contributed by atoms with Gasteiger partial charge < -0.3 is 9.47 Å². The maximum atomic E-state index is 12.0. The fourth-order valence-electron chi connectivity index (χ4n) is 2.34. The molecule has 0 saturated carbocycles. The van der Waals surface area contributed by atoms with Crippen molar-refractivity contribution in [1.82, 2.24) is 0 Å². The number of carbonyl (C=O) groups excluding carboxylic acids is 2. The highest BCUT2D eigenvalue weighted by atomic mass is 35.5. The van der Waals surface area contributed by atoms with Gasteiger partial charge in [-0.05, 0) is 42.7 Å². The third kappa shape index (κ3) is 5.91. The SMILES string of the molecule is CCC(OC(=O)CCC(=O)Oc1ccc(Cl)c(C)c1)c1ccccc1. The summed E-state index contributed by atoms with van der Waals surface area (Å²) in [5.74, 6) is -0.484. The van der Waals surface area contributed by atoms with Gasteiger partial charge in [0.05, 0.1) is 12.8 Å². The normalized spacial score (nSPS) is 11.6. The van der Waals surface area contributed by atoms with Crippen LogP contribution in [0, 0.1) is 6.92 Å². The maximum absolute atomic E-state index is 12.0. The van der Waals surface area contributed by atoms with E-state index in [0.29, 0.717) is 17.2 Å². The number of carbonyl (C=O) groups is 2. The molecule has 25 heavy (non-hydrogen) atoms. The second-order valence-electron chi connectivity index (χ2n) is 5.68. The zero-order valence-corrected chi connectivity index (χ0v) is 15.1. The Hall–Kier alpha value is -2.33. The highest BCUT2D eigenvalue weighted by molar-refractivity contribution is 6.31. The van der Waals surface area contributed by atoms with Crippen LogP contribution in [-0.4, -0.2) is 11.9 Å². The third-order valence-electron chi connectivity index (χ3n) is 3.71. The molecule has 1 atom stereocenters. The van der Waals surface area contributed by atoms with Crippen LogP contribution < -0.4 is 4.74 Å². The number of aryl methyl sites for hydroxylation is 1. The Bertz CT molecular complexity index is 728. The minimum atomic E-state index is -0.480. The van der Waals surface area contributed by atoms with Crippen LogP contribution in [-0.2, 0) is 14.3 Å². The molecule has 0 radical (unpaired) electrons. The minimum Gasteiger partial charge on any atom is -0.457 e. The van der Waals surface area contributed by atoms with Gasteiger partial charge in [-0.3, -0.25) is 9.59 Å². The van der Waals surface area contributed by atoms with E-state index >= 15 is 0 Å². The van der Waals surface area contributed by atoms with E-state index in [0.717, 1.165) is 11.1 Å². The zero-order chi connectivity index (χ0) is 18.2. The Labute approximate surface area is 152 Å². The maximum Gasteiger partial charge on any atom is 0.311 e. The quantitative estimate of drug-likeness (QED) is 0.513. The van der Waals surface area contributed by atoms with E-state index < -0.39 is 11.9 Å². The van der Waals surface area contributed by atoms with Gasteiger partial charge in [0.25, 0.3) is 0 Å². The van der Waals surface area contributed by atoms with Crippen LogP contribution in [0.3, 0.4) is 0 Å². The predicted molar refractivity (Wildman–Crippen MR) is 96.6 cm³/mol. The van der Waals surface area contributed by atoms with Crippen LogP contribution in [0.5, 0.6) is 5.75 Å². The van der Waals surface area contributed by atoms with Crippen molar-refractivity contribution in [1.29, 1.82) is 0 Å². The van der Waals surface area contributed by atoms with Crippen molar-refractivity contribution in [3.05, 3.63) is 64.7 Å². The standard InChI is InChI=1S/C20H21ClO4/c1-3-18(15-7-5-4-6-8-15)25-20(23)12-11-19(22)24-16-9-10-17(21)14(2)13-16/h4-10,13,18H,3,11-12H2,1-2H3. The van der Waals surface area contributed by atoms with Crippen molar-refractivity contribution in [2.75, 3.05) is 0 Å². The number of benzene rings is 2. The molecule has 0 aliphatic rings. The van der Waals surface area contributed by atoms with E-state index in [1.165, 1.54) is 0 Å². The van der Waals surface area contributed by atoms with Crippen LogP contribution in [0.25, 0.3) is 0 Å². The first-order chi connectivity index (χ1) is 12.0. The molecular formula is C20H21ClO4. The van der Waals surface area contributed by atoms with Gasteiger partial charge in [0, 0.05) is 5.02 Å². The zero-order valence-electron chi connectivity index (χ0n) is 14.3. The molecule has 0 aliphatic carbocycles. The molecule has 0 aromatic heterocycles. The van der Waals surface area contributed by atoms with Gasteiger partial charge in [-0.15, -0.1) is 0 Å². The van der Waals surface area contributed by atoms with Crippen LogP contribution in [0.4, 0.5) is 0 Å². The number of halogens is 1. The molecule has 2 aromatic carbocycles. The summed E-state index contributed by atoms with van der Waals surface area (Å²) in [5.41, 5.74) is 1.76. The summed E-state index contributed by atoms with van der Waals surface area (Å²) in [5, 5.41) is 0.606. The summed E-state index contributed by atoms with van der Waals surface area (Å²) in [7, 11) is 0. The Morgan fingerprint density at radius 1 is 1.04 bits per heavy atom. The predicted octanol–water partition coefficient (Wildman–Crippen LogP) is 5.03. The lowest BCUT2D eigenvalue weighted by molar-refractivity contribution is -0.152. The van der Waals surface area contributed by atoms with E-state index in [1.54, 1.807) is 18.2 Å². The monoisotopic (exact) mass is 360 g/mol. The van der Waals surface area contributed by atoms with E-state index in [2.05, 4.69) is 0 Å². The molecule has 0 fully saturated rings. The Morgan fingerprint density at radius 3 is 2.36 bits per heavy atom. The summed E-state index contributed by atoms with van der Waals surface area (Å²) in [6.07, 6.45) is 0.314. The molecule has 0 bridgehead atoms. The molecule has 1 unspecified atom stereocenters. The second kappa shape index (κ2) is 9.23. The number of esters is 2. The lowest BCUT2D eigenvalue weighted by atomic mass is 10.1. The molecule has 0 heterocycles. The Morgan fingerprint density at radius 2 is 1.72 bits per heavy atom. The number of hydrogen-bond donors (Lipinski definition) is 0. The summed E-state index contributed by atoms with van der Waals surface area (Å²) in [6.45, 7) is 3.77. The summed E-state index contributed by atoms with van der Waals surface area (Å²) in [4.78, 5) is 23.9. The first-order valence-corrected chi connectivity index (χ1v) is 8.58. The lowest BCUT2D eigenvalue weighted by Crippen LogP contribution is -2.14. The fraction of sp³-hybridized carbons (Fsp3) is 0.300. The smallest absolute Gasteiger partial charge is 0.311 e. The summed E-state index contributed by atoms with van der Waals surface area (Å²) < 4.78 is 10.7. The molecular weight excluding hydrogens is 340 g/mol. The molecule has 2 aromatic rings. The molecule has 0 saturated heterocycles. The van der Waals surface area contributed by atoms with E-state index in [9.17, 15) is 9.59 Å². The van der Waals surface area contributed by atoms with Gasteiger partial charge in [-0.1, -0.05) is 48.9 Å². The van der Waals surface area contributed by atoms with Crippen molar-refractivity contribution in [3.8, 4) is 5.75 Å². The summed E-state index contributed by atoms with van der Waals surface area (Å²) >= 11 is 5.93. The lowest BCUT2D eigenvalue weighted by Gasteiger charge is -2.16. The molecule has 132 valence electrons. The Balaban J connectivity index is 1.82. The van der Waals surface area contributed by atoms with E-state index in [4.69, 9.17) is 21.1 Å². The highest BCUT2D eigenvalue weighted by Gasteiger charge is 2.16. The number of hydrogen-bond acceptors (Lipinski definition) is 4. The van der Waals surface area contributed by atoms with Crippen LogP contribution in [0.2, 0.25) is 5.02 Å². The second-order valence-corrected chi connectivity index (χ2v) is 6.09. The molecule has 0 N–H and O–H groups in total. The highest BCUT2D eigenvalue weighted by Crippen LogP contribution is 2.23. The van der Waals surface area contributed by atoms with E-state index in [-0.39, 0.29) is 18.9 Å². The molecule has 0 aliphatic heterocycles. The first-order valence-electron chi connectivity index (χ1n) is 8.21. The first kappa shape index (κ1) is 19.0. The molecule has 4 nitrogen and oxygen atoms in total. The molecule has 2 rings (SSSR count). The number of rotatable bonds is 7. The van der Waals surface area contributed by atoms with Crippen LogP contribution in [0.15, 0.2) is 48.5 Å². The van der Waals surface area contributed by atoms with Crippen LogP contribution >= 0.6 is 11.6 Å². The van der Waals surface area contributed by atoms with Gasteiger partial charge in [-0.25, -0.2) is 0 Å². The van der Waals surface area contributed by atoms with Crippen molar-refractivity contribution in [2.45, 2.75) is 39.2 Å². The van der Waals surface area contributed by atoms with Crippen molar-refractivity contribution >= 4 is 23.5 Å². The van der Waals surface area contributed by atoms with E-state index in [1.807, 2.05) is 44.2 Å².